The lowest BCUT2D eigenvalue weighted by molar-refractivity contribution is -0.146. The van der Waals surface area contributed by atoms with Crippen molar-refractivity contribution in [2.75, 3.05) is 11.9 Å². The third-order valence-electron chi connectivity index (χ3n) is 3.50. The van der Waals surface area contributed by atoms with E-state index in [0.717, 1.165) is 26.7 Å². The SMILES string of the molecule is Cc1ccc(-c2nc(C)sc2CC(=O)OCC(=O)Nc2ccon2)cc1. The molecule has 0 saturated carbocycles. The van der Waals surface area contributed by atoms with Gasteiger partial charge in [-0.25, -0.2) is 4.98 Å². The summed E-state index contributed by atoms with van der Waals surface area (Å²) in [4.78, 5) is 29.2. The van der Waals surface area contributed by atoms with E-state index in [-0.39, 0.29) is 18.8 Å². The van der Waals surface area contributed by atoms with Crippen molar-refractivity contribution in [1.82, 2.24) is 10.1 Å². The maximum absolute atomic E-state index is 12.1. The van der Waals surface area contributed by atoms with Crippen LogP contribution >= 0.6 is 11.3 Å². The number of aryl methyl sites for hydroxylation is 2. The van der Waals surface area contributed by atoms with Crippen LogP contribution in [0.1, 0.15) is 15.4 Å². The zero-order valence-corrected chi connectivity index (χ0v) is 15.1. The van der Waals surface area contributed by atoms with Crippen LogP contribution in [0.4, 0.5) is 5.82 Å². The Balaban J connectivity index is 1.60. The van der Waals surface area contributed by atoms with Gasteiger partial charge in [0.2, 0.25) is 0 Å². The van der Waals surface area contributed by atoms with Crippen molar-refractivity contribution < 1.29 is 18.8 Å². The molecule has 8 heteroatoms. The van der Waals surface area contributed by atoms with Crippen LogP contribution in [-0.4, -0.2) is 28.6 Å². The van der Waals surface area contributed by atoms with Crippen molar-refractivity contribution in [3.05, 3.63) is 52.0 Å². The summed E-state index contributed by atoms with van der Waals surface area (Å²) in [6.07, 6.45) is 1.40. The minimum atomic E-state index is -0.489. The fourth-order valence-corrected chi connectivity index (χ4v) is 3.25. The number of ether oxygens (including phenoxy) is 1. The van der Waals surface area contributed by atoms with Gasteiger partial charge in [-0.3, -0.25) is 9.59 Å². The van der Waals surface area contributed by atoms with E-state index in [2.05, 4.69) is 20.0 Å². The lowest BCUT2D eigenvalue weighted by Crippen LogP contribution is -2.21. The van der Waals surface area contributed by atoms with Crippen molar-refractivity contribution in [2.45, 2.75) is 20.3 Å². The van der Waals surface area contributed by atoms with Crippen molar-refractivity contribution >= 4 is 29.0 Å². The minimum Gasteiger partial charge on any atom is -0.455 e. The number of carbonyl (C=O) groups is 2. The molecule has 2 heterocycles. The first-order valence-electron chi connectivity index (χ1n) is 7.90. The number of aromatic nitrogens is 2. The maximum atomic E-state index is 12.1. The Kier molecular flexibility index (Phi) is 5.43. The number of thiazole rings is 1. The molecule has 0 aliphatic heterocycles. The van der Waals surface area contributed by atoms with E-state index in [0.29, 0.717) is 0 Å². The highest BCUT2D eigenvalue weighted by Gasteiger charge is 2.16. The molecule has 0 spiro atoms. The molecule has 0 unspecified atom stereocenters. The van der Waals surface area contributed by atoms with Gasteiger partial charge in [-0.15, -0.1) is 11.3 Å². The third-order valence-corrected chi connectivity index (χ3v) is 4.47. The van der Waals surface area contributed by atoms with Gasteiger partial charge in [-0.05, 0) is 13.8 Å². The number of amides is 1. The highest BCUT2D eigenvalue weighted by molar-refractivity contribution is 7.12. The number of carbonyl (C=O) groups excluding carboxylic acids is 2. The number of nitrogens with zero attached hydrogens (tertiary/aromatic N) is 2. The highest BCUT2D eigenvalue weighted by Crippen LogP contribution is 2.29. The summed E-state index contributed by atoms with van der Waals surface area (Å²) < 4.78 is 9.65. The number of anilines is 1. The van der Waals surface area contributed by atoms with Crippen LogP contribution in [0, 0.1) is 13.8 Å². The summed E-state index contributed by atoms with van der Waals surface area (Å²) in [6.45, 7) is 3.52. The Bertz CT molecular complexity index is 901. The number of benzene rings is 1. The molecule has 134 valence electrons. The first-order valence-corrected chi connectivity index (χ1v) is 8.72. The van der Waals surface area contributed by atoms with E-state index in [1.165, 1.54) is 23.7 Å². The molecule has 0 saturated heterocycles. The van der Waals surface area contributed by atoms with E-state index in [9.17, 15) is 9.59 Å². The van der Waals surface area contributed by atoms with Gasteiger partial charge in [0.05, 0.1) is 17.1 Å². The summed E-state index contributed by atoms with van der Waals surface area (Å²) in [5.74, 6) is -0.699. The molecule has 26 heavy (non-hydrogen) atoms. The quantitative estimate of drug-likeness (QED) is 0.669. The molecule has 7 nitrogen and oxygen atoms in total. The van der Waals surface area contributed by atoms with Gasteiger partial charge in [0.25, 0.3) is 5.91 Å². The summed E-state index contributed by atoms with van der Waals surface area (Å²) >= 11 is 1.44. The molecule has 1 amide bonds. The molecule has 2 aromatic heterocycles. The van der Waals surface area contributed by atoms with E-state index in [1.54, 1.807) is 0 Å². The van der Waals surface area contributed by atoms with Gasteiger partial charge in [0, 0.05) is 16.5 Å². The second-order valence-corrected chi connectivity index (χ2v) is 6.93. The third kappa shape index (κ3) is 4.54. The van der Waals surface area contributed by atoms with Crippen LogP contribution in [-0.2, 0) is 20.7 Å². The van der Waals surface area contributed by atoms with Gasteiger partial charge in [0.15, 0.2) is 12.4 Å². The normalized spacial score (nSPS) is 10.5. The fourth-order valence-electron chi connectivity index (χ4n) is 2.31. The number of rotatable bonds is 6. The van der Waals surface area contributed by atoms with Gasteiger partial charge in [-0.1, -0.05) is 35.0 Å². The highest BCUT2D eigenvalue weighted by atomic mass is 32.1. The van der Waals surface area contributed by atoms with E-state index < -0.39 is 11.9 Å². The molecule has 1 aromatic carbocycles. The van der Waals surface area contributed by atoms with E-state index >= 15 is 0 Å². The fraction of sp³-hybridized carbons (Fsp3) is 0.222. The topological polar surface area (TPSA) is 94.3 Å². The Hall–Kier alpha value is -3.00. The van der Waals surface area contributed by atoms with Crippen LogP contribution in [0.5, 0.6) is 0 Å². The first-order chi connectivity index (χ1) is 12.5. The summed E-state index contributed by atoms with van der Waals surface area (Å²) in [7, 11) is 0. The molecule has 0 aliphatic carbocycles. The number of esters is 1. The second kappa shape index (κ2) is 7.92. The number of nitrogens with one attached hydrogen (secondary N) is 1. The predicted molar refractivity (Wildman–Crippen MR) is 96.8 cm³/mol. The standard InChI is InChI=1S/C18H17N3O4S/c1-11-3-5-13(6-4-11)18-14(26-12(2)19-18)9-17(23)24-10-16(22)20-15-7-8-25-21-15/h3-8H,9-10H2,1-2H3,(H,20,21,22). The van der Waals surface area contributed by atoms with Crippen molar-refractivity contribution in [1.29, 1.82) is 0 Å². The van der Waals surface area contributed by atoms with Gasteiger partial charge >= 0.3 is 5.97 Å². The Morgan fingerprint density at radius 1 is 1.19 bits per heavy atom. The van der Waals surface area contributed by atoms with Crippen LogP contribution in [0.15, 0.2) is 41.1 Å². The van der Waals surface area contributed by atoms with E-state index in [4.69, 9.17) is 4.74 Å². The summed E-state index contributed by atoms with van der Waals surface area (Å²) in [5, 5.41) is 6.88. The monoisotopic (exact) mass is 371 g/mol. The molecule has 1 N–H and O–H groups in total. The Labute approximate surface area is 154 Å². The molecular formula is C18H17N3O4S. The van der Waals surface area contributed by atoms with Crippen molar-refractivity contribution in [3.8, 4) is 11.3 Å². The zero-order valence-electron chi connectivity index (χ0n) is 14.3. The average molecular weight is 371 g/mol. The lowest BCUT2D eigenvalue weighted by atomic mass is 10.1. The Morgan fingerprint density at radius 2 is 1.96 bits per heavy atom. The van der Waals surface area contributed by atoms with Crippen molar-refractivity contribution in [3.63, 3.8) is 0 Å². The zero-order chi connectivity index (χ0) is 18.5. The predicted octanol–water partition coefficient (Wildman–Crippen LogP) is 3.14. The molecule has 0 atom stereocenters. The van der Waals surface area contributed by atoms with Crippen LogP contribution < -0.4 is 5.32 Å². The van der Waals surface area contributed by atoms with Crippen molar-refractivity contribution in [2.24, 2.45) is 0 Å². The average Bonchev–Trinajstić information content (AvgIpc) is 3.23. The summed E-state index contributed by atoms with van der Waals surface area (Å²) in [6, 6.07) is 9.45. The molecule has 0 radical (unpaired) electrons. The maximum Gasteiger partial charge on any atom is 0.311 e. The van der Waals surface area contributed by atoms with Gasteiger partial charge in [0.1, 0.15) is 6.26 Å². The molecular weight excluding hydrogens is 354 g/mol. The molecule has 0 bridgehead atoms. The molecule has 3 rings (SSSR count). The first kappa shape index (κ1) is 17.8. The number of hydrogen-bond acceptors (Lipinski definition) is 7. The smallest absolute Gasteiger partial charge is 0.311 e. The lowest BCUT2D eigenvalue weighted by Gasteiger charge is -2.05. The second-order valence-electron chi connectivity index (χ2n) is 5.64. The van der Waals surface area contributed by atoms with Crippen LogP contribution in [0.3, 0.4) is 0 Å². The van der Waals surface area contributed by atoms with Crippen LogP contribution in [0.2, 0.25) is 0 Å². The molecule has 3 aromatic rings. The molecule has 0 aliphatic rings. The number of hydrogen-bond donors (Lipinski definition) is 1. The largest absolute Gasteiger partial charge is 0.455 e. The Morgan fingerprint density at radius 3 is 2.65 bits per heavy atom. The molecule has 0 fully saturated rings. The van der Waals surface area contributed by atoms with Crippen LogP contribution in [0.25, 0.3) is 11.3 Å². The van der Waals surface area contributed by atoms with E-state index in [1.807, 2.05) is 38.1 Å². The summed E-state index contributed by atoms with van der Waals surface area (Å²) in [5.41, 5.74) is 2.88. The minimum absolute atomic E-state index is 0.0615. The van der Waals surface area contributed by atoms with Gasteiger partial charge < -0.3 is 14.6 Å². The van der Waals surface area contributed by atoms with Gasteiger partial charge in [-0.2, -0.15) is 0 Å².